The van der Waals surface area contributed by atoms with E-state index in [1.54, 1.807) is 5.20 Å². The molecule has 1 aliphatic rings. The summed E-state index contributed by atoms with van der Waals surface area (Å²) in [4.78, 5) is 0. The van der Waals surface area contributed by atoms with Crippen LogP contribution in [0.1, 0.15) is 40.5 Å². The van der Waals surface area contributed by atoms with Crippen molar-refractivity contribution in [2.75, 3.05) is 0 Å². The van der Waals surface area contributed by atoms with Crippen molar-refractivity contribution in [3.05, 3.63) is 23.4 Å². The van der Waals surface area contributed by atoms with Crippen LogP contribution in [-0.2, 0) is 0 Å². The molecule has 0 N–H and O–H groups in total. The van der Waals surface area contributed by atoms with Crippen molar-refractivity contribution in [3.8, 4) is 0 Å². The van der Waals surface area contributed by atoms with Crippen LogP contribution in [0.2, 0.25) is 11.1 Å². The molecule has 0 bridgehead atoms. The zero-order valence-corrected chi connectivity index (χ0v) is 10.3. The fourth-order valence-electron chi connectivity index (χ4n) is 2.25. The summed E-state index contributed by atoms with van der Waals surface area (Å²) in [5.74, 6) is 0. The molecule has 0 amide bonds. The molecule has 1 rings (SSSR count). The first kappa shape index (κ1) is 10.8. The van der Waals surface area contributed by atoms with E-state index in [-0.39, 0.29) is 8.80 Å². The summed E-state index contributed by atoms with van der Waals surface area (Å²) in [6.45, 7) is 9.53. The van der Waals surface area contributed by atoms with Crippen molar-refractivity contribution in [2.45, 2.75) is 51.6 Å². The molecule has 13 heavy (non-hydrogen) atoms. The lowest BCUT2D eigenvalue weighted by Crippen LogP contribution is -2.24. The van der Waals surface area contributed by atoms with Gasteiger partial charge >= 0.3 is 0 Å². The summed E-state index contributed by atoms with van der Waals surface area (Å²) in [6, 6.07) is 0. The predicted octanol–water partition coefficient (Wildman–Crippen LogP) is 4.12. The van der Waals surface area contributed by atoms with E-state index in [2.05, 4.69) is 45.9 Å². The molecule has 1 radical (unpaired) electrons. The van der Waals surface area contributed by atoms with Crippen LogP contribution in [0.4, 0.5) is 0 Å². The summed E-state index contributed by atoms with van der Waals surface area (Å²) in [7, 11) is -0.269. The predicted molar refractivity (Wildman–Crippen MR) is 62.4 cm³/mol. The van der Waals surface area contributed by atoms with Gasteiger partial charge in [-0.15, -0.1) is 0 Å². The Labute approximate surface area is 84.3 Å². The van der Waals surface area contributed by atoms with Crippen molar-refractivity contribution >= 4 is 8.80 Å². The van der Waals surface area contributed by atoms with Crippen LogP contribution < -0.4 is 0 Å². The van der Waals surface area contributed by atoms with Crippen molar-refractivity contribution in [2.24, 2.45) is 0 Å². The average molecular weight is 193 g/mol. The van der Waals surface area contributed by atoms with Gasteiger partial charge in [0, 0.05) is 0 Å². The van der Waals surface area contributed by atoms with Crippen LogP contribution in [0.15, 0.2) is 23.4 Å². The normalized spacial score (nSPS) is 17.3. The molecule has 0 aliphatic heterocycles. The molecular formula is C12H21Si. The standard InChI is InChI=1S/C12H21Si/c1-10(2)13(11(3)4)12-8-6-5-7-9-12/h5-6,8,10-11H,7,9H2,1-4H3. The topological polar surface area (TPSA) is 0 Å². The van der Waals surface area contributed by atoms with Gasteiger partial charge in [0.05, 0.1) is 8.80 Å². The molecular weight excluding hydrogens is 172 g/mol. The van der Waals surface area contributed by atoms with Gasteiger partial charge in [-0.25, -0.2) is 0 Å². The molecule has 0 aromatic rings. The Morgan fingerprint density at radius 2 is 1.77 bits per heavy atom. The number of rotatable bonds is 3. The van der Waals surface area contributed by atoms with E-state index in [1.807, 2.05) is 0 Å². The Hall–Kier alpha value is -0.303. The fraction of sp³-hybridized carbons (Fsp3) is 0.667. The third-order valence-electron chi connectivity index (χ3n) is 2.63. The summed E-state index contributed by atoms with van der Waals surface area (Å²) in [5.41, 5.74) is 1.76. The Bertz CT molecular complexity index is 203. The van der Waals surface area contributed by atoms with Crippen molar-refractivity contribution in [1.82, 2.24) is 0 Å². The first-order chi connectivity index (χ1) is 6.13. The van der Waals surface area contributed by atoms with E-state index in [4.69, 9.17) is 0 Å². The molecule has 0 nitrogen and oxygen atoms in total. The maximum absolute atomic E-state index is 2.38. The van der Waals surface area contributed by atoms with Gasteiger partial charge in [0.1, 0.15) is 0 Å². The Morgan fingerprint density at radius 3 is 2.15 bits per heavy atom. The lowest BCUT2D eigenvalue weighted by Gasteiger charge is -2.26. The quantitative estimate of drug-likeness (QED) is 0.592. The Kier molecular flexibility index (Phi) is 3.98. The first-order valence-corrected chi connectivity index (χ1v) is 7.01. The van der Waals surface area contributed by atoms with Crippen LogP contribution in [0.5, 0.6) is 0 Å². The Balaban J connectivity index is 2.74. The van der Waals surface area contributed by atoms with Crippen molar-refractivity contribution in [1.29, 1.82) is 0 Å². The zero-order valence-electron chi connectivity index (χ0n) is 9.30. The van der Waals surface area contributed by atoms with Crippen molar-refractivity contribution < 1.29 is 0 Å². The maximum Gasteiger partial charge on any atom is 0.0855 e. The van der Waals surface area contributed by atoms with Gasteiger partial charge in [-0.3, -0.25) is 0 Å². The monoisotopic (exact) mass is 193 g/mol. The number of hydrogen-bond donors (Lipinski definition) is 0. The molecule has 1 heteroatoms. The highest BCUT2D eigenvalue weighted by molar-refractivity contribution is 6.69. The molecule has 0 heterocycles. The average Bonchev–Trinajstić information content (AvgIpc) is 2.04. The van der Waals surface area contributed by atoms with E-state index in [9.17, 15) is 0 Å². The minimum atomic E-state index is -0.269. The van der Waals surface area contributed by atoms with E-state index in [0.717, 1.165) is 11.1 Å². The van der Waals surface area contributed by atoms with Gasteiger partial charge in [-0.2, -0.15) is 0 Å². The van der Waals surface area contributed by atoms with Crippen LogP contribution >= 0.6 is 0 Å². The highest BCUT2D eigenvalue weighted by Crippen LogP contribution is 2.30. The molecule has 0 atom stereocenters. The lowest BCUT2D eigenvalue weighted by atomic mass is 10.2. The van der Waals surface area contributed by atoms with Crippen LogP contribution in [-0.4, -0.2) is 8.80 Å². The maximum atomic E-state index is 2.38. The summed E-state index contributed by atoms with van der Waals surface area (Å²) in [6.07, 6.45) is 9.48. The second kappa shape index (κ2) is 4.80. The third-order valence-corrected chi connectivity index (χ3v) is 6.27. The fourth-order valence-corrected chi connectivity index (χ4v) is 5.79. The second-order valence-electron chi connectivity index (χ2n) is 4.42. The molecule has 0 aromatic carbocycles. The lowest BCUT2D eigenvalue weighted by molar-refractivity contribution is 0.910. The van der Waals surface area contributed by atoms with E-state index in [1.165, 1.54) is 12.8 Å². The highest BCUT2D eigenvalue weighted by atomic mass is 28.3. The summed E-state index contributed by atoms with van der Waals surface area (Å²) in [5, 5.41) is 1.76. The number of hydrogen-bond acceptors (Lipinski definition) is 0. The molecule has 73 valence electrons. The van der Waals surface area contributed by atoms with Crippen molar-refractivity contribution in [3.63, 3.8) is 0 Å². The van der Waals surface area contributed by atoms with Crippen LogP contribution in [0, 0.1) is 0 Å². The molecule has 0 fully saturated rings. The molecule has 0 aromatic heterocycles. The largest absolute Gasteiger partial charge is 0.0855 e. The molecule has 0 spiro atoms. The second-order valence-corrected chi connectivity index (χ2v) is 8.29. The van der Waals surface area contributed by atoms with Gasteiger partial charge in [-0.1, -0.05) is 51.1 Å². The van der Waals surface area contributed by atoms with Gasteiger partial charge in [0.2, 0.25) is 0 Å². The van der Waals surface area contributed by atoms with Gasteiger partial charge in [0.25, 0.3) is 0 Å². The zero-order chi connectivity index (χ0) is 9.84. The number of allylic oxidation sites excluding steroid dienone is 4. The highest BCUT2D eigenvalue weighted by Gasteiger charge is 2.23. The van der Waals surface area contributed by atoms with Gasteiger partial charge in [0.15, 0.2) is 0 Å². The SMILES string of the molecule is CC(C)[Si](C1=CC=CCC1)C(C)C. The summed E-state index contributed by atoms with van der Waals surface area (Å²) < 4.78 is 0. The van der Waals surface area contributed by atoms with Gasteiger partial charge in [-0.05, 0) is 23.9 Å². The van der Waals surface area contributed by atoms with E-state index >= 15 is 0 Å². The Morgan fingerprint density at radius 1 is 1.15 bits per heavy atom. The minimum Gasteiger partial charge on any atom is -0.0843 e. The molecule has 0 unspecified atom stereocenters. The smallest absolute Gasteiger partial charge is 0.0843 e. The first-order valence-electron chi connectivity index (χ1n) is 5.35. The van der Waals surface area contributed by atoms with E-state index in [0.29, 0.717) is 0 Å². The molecule has 0 saturated carbocycles. The molecule has 0 saturated heterocycles. The van der Waals surface area contributed by atoms with Crippen LogP contribution in [0.3, 0.4) is 0 Å². The van der Waals surface area contributed by atoms with Crippen LogP contribution in [0.25, 0.3) is 0 Å². The molecule has 1 aliphatic carbocycles. The third kappa shape index (κ3) is 2.83. The van der Waals surface area contributed by atoms with Gasteiger partial charge < -0.3 is 0 Å². The minimum absolute atomic E-state index is 0.269. The van der Waals surface area contributed by atoms with E-state index < -0.39 is 0 Å². The summed E-state index contributed by atoms with van der Waals surface area (Å²) >= 11 is 0.